The number of nitrogens with zero attached hydrogens (tertiary/aromatic N) is 1. The molecule has 0 unspecified atom stereocenters. The highest BCUT2D eigenvalue weighted by atomic mass is 16.2. The van der Waals surface area contributed by atoms with Gasteiger partial charge in [-0.15, -0.1) is 6.58 Å². The fourth-order valence-electron chi connectivity index (χ4n) is 0.930. The van der Waals surface area contributed by atoms with Gasteiger partial charge in [0.05, 0.1) is 0 Å². The molecular formula is C9H17NO. The van der Waals surface area contributed by atoms with Gasteiger partial charge < -0.3 is 4.90 Å². The van der Waals surface area contributed by atoms with Crippen molar-refractivity contribution in [2.75, 3.05) is 13.1 Å². The molecule has 2 nitrogen and oxygen atoms in total. The molecule has 64 valence electrons. The Hall–Kier alpha value is -0.790. The van der Waals surface area contributed by atoms with Crippen molar-refractivity contribution in [3.05, 3.63) is 12.7 Å². The molecule has 1 amide bonds. The van der Waals surface area contributed by atoms with E-state index in [2.05, 4.69) is 6.58 Å². The molecule has 0 saturated carbocycles. The van der Waals surface area contributed by atoms with Crippen molar-refractivity contribution >= 4 is 5.91 Å². The van der Waals surface area contributed by atoms with E-state index in [0.717, 1.165) is 19.5 Å². The Kier molecular flexibility index (Phi) is 5.53. The lowest BCUT2D eigenvalue weighted by Crippen LogP contribution is -2.30. The summed E-state index contributed by atoms with van der Waals surface area (Å²) in [4.78, 5) is 13.0. The average molecular weight is 155 g/mol. The molecule has 0 aromatic heterocycles. The number of amides is 1. The molecule has 11 heavy (non-hydrogen) atoms. The predicted octanol–water partition coefficient (Wildman–Crippen LogP) is 1.82. The van der Waals surface area contributed by atoms with Gasteiger partial charge in [0.15, 0.2) is 0 Å². The van der Waals surface area contributed by atoms with E-state index in [-0.39, 0.29) is 5.91 Å². The molecule has 2 heteroatoms. The Bertz CT molecular complexity index is 132. The number of carbonyl (C=O) groups is 1. The molecule has 0 fully saturated rings. The lowest BCUT2D eigenvalue weighted by molar-refractivity contribution is -0.130. The van der Waals surface area contributed by atoms with Crippen LogP contribution in [0.4, 0.5) is 0 Å². The van der Waals surface area contributed by atoms with Crippen LogP contribution in [0.5, 0.6) is 0 Å². The molecule has 0 aliphatic rings. The van der Waals surface area contributed by atoms with Gasteiger partial charge >= 0.3 is 0 Å². The predicted molar refractivity (Wildman–Crippen MR) is 47.4 cm³/mol. The summed E-state index contributed by atoms with van der Waals surface area (Å²) in [6.07, 6.45) is 3.33. The van der Waals surface area contributed by atoms with Gasteiger partial charge in [-0.05, 0) is 13.3 Å². The maximum absolute atomic E-state index is 11.1. The molecule has 0 bridgehead atoms. The highest BCUT2D eigenvalue weighted by molar-refractivity contribution is 5.75. The molecule has 0 rings (SSSR count). The Labute approximate surface area is 68.9 Å². The van der Waals surface area contributed by atoms with Gasteiger partial charge in [-0.3, -0.25) is 4.79 Å². The summed E-state index contributed by atoms with van der Waals surface area (Å²) in [5, 5.41) is 0. The van der Waals surface area contributed by atoms with Crippen LogP contribution >= 0.6 is 0 Å². The van der Waals surface area contributed by atoms with Crippen molar-refractivity contribution < 1.29 is 4.79 Å². The van der Waals surface area contributed by atoms with Crippen molar-refractivity contribution in [2.24, 2.45) is 0 Å². The Morgan fingerprint density at radius 2 is 2.18 bits per heavy atom. The van der Waals surface area contributed by atoms with E-state index in [9.17, 15) is 4.79 Å². The van der Waals surface area contributed by atoms with Gasteiger partial charge in [-0.2, -0.15) is 0 Å². The first-order valence-electron chi connectivity index (χ1n) is 4.14. The second-order valence-electron chi connectivity index (χ2n) is 2.40. The Balaban J connectivity index is 3.74. The first kappa shape index (κ1) is 10.2. The minimum Gasteiger partial charge on any atom is -0.343 e. The van der Waals surface area contributed by atoms with Crippen LogP contribution in [0, 0.1) is 0 Å². The van der Waals surface area contributed by atoms with Gasteiger partial charge in [0, 0.05) is 19.5 Å². The van der Waals surface area contributed by atoms with E-state index in [1.165, 1.54) is 0 Å². The first-order chi connectivity index (χ1) is 5.26. The lowest BCUT2D eigenvalue weighted by atomic mass is 10.3. The highest BCUT2D eigenvalue weighted by Crippen LogP contribution is 1.95. The Morgan fingerprint density at radius 3 is 2.55 bits per heavy atom. The van der Waals surface area contributed by atoms with Crippen LogP contribution in [-0.4, -0.2) is 23.9 Å². The van der Waals surface area contributed by atoms with E-state index in [0.29, 0.717) is 6.42 Å². The largest absolute Gasteiger partial charge is 0.343 e. The molecule has 0 saturated heterocycles. The van der Waals surface area contributed by atoms with Crippen molar-refractivity contribution in [3.63, 3.8) is 0 Å². The zero-order chi connectivity index (χ0) is 8.69. The van der Waals surface area contributed by atoms with Crippen LogP contribution in [0.3, 0.4) is 0 Å². The maximum atomic E-state index is 11.1. The van der Waals surface area contributed by atoms with E-state index in [1.54, 1.807) is 0 Å². The third-order valence-electron chi connectivity index (χ3n) is 1.64. The number of carbonyl (C=O) groups excluding carboxylic acids is 1. The maximum Gasteiger partial charge on any atom is 0.222 e. The quantitative estimate of drug-likeness (QED) is 0.554. The minimum atomic E-state index is 0.231. The second-order valence-corrected chi connectivity index (χ2v) is 2.40. The number of rotatable bonds is 5. The fraction of sp³-hybridized carbons (Fsp3) is 0.667. The average Bonchev–Trinajstić information content (AvgIpc) is 2.05. The zero-order valence-electron chi connectivity index (χ0n) is 7.47. The molecule has 0 aromatic carbocycles. The van der Waals surface area contributed by atoms with E-state index in [1.807, 2.05) is 24.8 Å². The molecule has 0 heterocycles. The van der Waals surface area contributed by atoms with Gasteiger partial charge in [-0.1, -0.05) is 13.0 Å². The van der Waals surface area contributed by atoms with Crippen molar-refractivity contribution in [1.82, 2.24) is 4.90 Å². The van der Waals surface area contributed by atoms with Crippen LogP contribution in [-0.2, 0) is 4.79 Å². The van der Waals surface area contributed by atoms with E-state index >= 15 is 0 Å². The summed E-state index contributed by atoms with van der Waals surface area (Å²) in [7, 11) is 0. The summed E-state index contributed by atoms with van der Waals surface area (Å²) in [5.41, 5.74) is 0. The molecule has 0 aromatic rings. The number of hydrogen-bond donors (Lipinski definition) is 0. The lowest BCUT2D eigenvalue weighted by Gasteiger charge is -2.18. The smallest absolute Gasteiger partial charge is 0.222 e. The van der Waals surface area contributed by atoms with Gasteiger partial charge in [-0.25, -0.2) is 0 Å². The monoisotopic (exact) mass is 155 g/mol. The Morgan fingerprint density at radius 1 is 1.55 bits per heavy atom. The minimum absolute atomic E-state index is 0.231. The molecular weight excluding hydrogens is 138 g/mol. The topological polar surface area (TPSA) is 20.3 Å². The SMILES string of the molecule is C=CCCN(CC)C(=O)CC. The molecule has 0 spiro atoms. The zero-order valence-corrected chi connectivity index (χ0v) is 7.47. The standard InChI is InChI=1S/C9H17NO/c1-4-7-8-10(6-3)9(11)5-2/h4H,1,5-8H2,2-3H3. The summed E-state index contributed by atoms with van der Waals surface area (Å²) >= 11 is 0. The van der Waals surface area contributed by atoms with Crippen molar-refractivity contribution in [2.45, 2.75) is 26.7 Å². The fourth-order valence-corrected chi connectivity index (χ4v) is 0.930. The van der Waals surface area contributed by atoms with E-state index < -0.39 is 0 Å². The van der Waals surface area contributed by atoms with Crippen LogP contribution < -0.4 is 0 Å². The van der Waals surface area contributed by atoms with Gasteiger partial charge in [0.1, 0.15) is 0 Å². The molecule has 0 aliphatic carbocycles. The first-order valence-corrected chi connectivity index (χ1v) is 4.14. The third-order valence-corrected chi connectivity index (χ3v) is 1.64. The molecule has 0 radical (unpaired) electrons. The summed E-state index contributed by atoms with van der Waals surface area (Å²) in [6.45, 7) is 9.12. The summed E-state index contributed by atoms with van der Waals surface area (Å²) in [5.74, 6) is 0.231. The van der Waals surface area contributed by atoms with Crippen LogP contribution in [0.1, 0.15) is 26.7 Å². The number of hydrogen-bond acceptors (Lipinski definition) is 1. The van der Waals surface area contributed by atoms with Crippen LogP contribution in [0.15, 0.2) is 12.7 Å². The van der Waals surface area contributed by atoms with Crippen LogP contribution in [0.25, 0.3) is 0 Å². The van der Waals surface area contributed by atoms with E-state index in [4.69, 9.17) is 0 Å². The van der Waals surface area contributed by atoms with Gasteiger partial charge in [0.2, 0.25) is 5.91 Å². The normalized spacial score (nSPS) is 9.27. The van der Waals surface area contributed by atoms with Crippen molar-refractivity contribution in [1.29, 1.82) is 0 Å². The molecule has 0 aliphatic heterocycles. The van der Waals surface area contributed by atoms with Crippen LogP contribution in [0.2, 0.25) is 0 Å². The van der Waals surface area contributed by atoms with Crippen molar-refractivity contribution in [3.8, 4) is 0 Å². The molecule has 0 atom stereocenters. The van der Waals surface area contributed by atoms with Gasteiger partial charge in [0.25, 0.3) is 0 Å². The highest BCUT2D eigenvalue weighted by Gasteiger charge is 2.06. The third kappa shape index (κ3) is 3.81. The summed E-state index contributed by atoms with van der Waals surface area (Å²) < 4.78 is 0. The second kappa shape index (κ2) is 5.96. The molecule has 0 N–H and O–H groups in total. The summed E-state index contributed by atoms with van der Waals surface area (Å²) in [6, 6.07) is 0.